The number of carbonyl (C=O) groups is 1. The lowest BCUT2D eigenvalue weighted by atomic mass is 9.95. The van der Waals surface area contributed by atoms with Crippen molar-refractivity contribution < 1.29 is 9.53 Å². The number of anilines is 2. The highest BCUT2D eigenvalue weighted by Crippen LogP contribution is 2.29. The first kappa shape index (κ1) is 23.9. The van der Waals surface area contributed by atoms with E-state index in [1.165, 1.54) is 11.5 Å². The Balaban J connectivity index is 1.11. The maximum Gasteiger partial charge on any atom is 0.225 e. The molecular weight excluding hydrogens is 482 g/mol. The molecule has 9 heteroatoms. The first-order valence-corrected chi connectivity index (χ1v) is 13.2. The van der Waals surface area contributed by atoms with E-state index in [2.05, 4.69) is 20.2 Å². The minimum absolute atomic E-state index is 0.0855. The average Bonchev–Trinajstić information content (AvgIpc) is 3.37. The number of hydrogen-bond acceptors (Lipinski definition) is 7. The Morgan fingerprint density at radius 1 is 1.03 bits per heavy atom. The molecule has 5 rings (SSSR count). The maximum atomic E-state index is 13.2. The van der Waals surface area contributed by atoms with Crippen molar-refractivity contribution in [1.82, 2.24) is 14.3 Å². The van der Waals surface area contributed by atoms with Crippen molar-refractivity contribution in [2.24, 2.45) is 5.92 Å². The molecule has 3 heterocycles. The minimum atomic E-state index is 0.0855. The van der Waals surface area contributed by atoms with Gasteiger partial charge >= 0.3 is 0 Å². The molecule has 0 aliphatic carbocycles. The smallest absolute Gasteiger partial charge is 0.225 e. The van der Waals surface area contributed by atoms with Crippen LogP contribution in [-0.2, 0) is 11.2 Å². The van der Waals surface area contributed by atoms with Crippen LogP contribution in [0, 0.1) is 5.92 Å². The number of nitrogens with zero attached hydrogens (tertiary/aromatic N) is 5. The predicted molar refractivity (Wildman–Crippen MR) is 141 cm³/mol. The van der Waals surface area contributed by atoms with Crippen LogP contribution in [0.25, 0.3) is 0 Å². The molecule has 3 aromatic rings. The summed E-state index contributed by atoms with van der Waals surface area (Å²) in [5.41, 5.74) is 2.19. The number of rotatable bonds is 6. The van der Waals surface area contributed by atoms with Crippen molar-refractivity contribution in [2.75, 3.05) is 56.2 Å². The van der Waals surface area contributed by atoms with Crippen LogP contribution in [0.15, 0.2) is 48.5 Å². The van der Waals surface area contributed by atoms with E-state index in [0.717, 1.165) is 85.1 Å². The molecule has 184 valence electrons. The van der Waals surface area contributed by atoms with Gasteiger partial charge in [-0.15, -0.1) is 0 Å². The summed E-state index contributed by atoms with van der Waals surface area (Å²) in [4.78, 5) is 24.5. The molecule has 1 aromatic heterocycles. The van der Waals surface area contributed by atoms with Gasteiger partial charge in [0.05, 0.1) is 17.8 Å². The van der Waals surface area contributed by atoms with E-state index in [0.29, 0.717) is 12.3 Å². The molecule has 2 aromatic carbocycles. The Morgan fingerprint density at radius 2 is 1.80 bits per heavy atom. The van der Waals surface area contributed by atoms with Gasteiger partial charge in [-0.2, -0.15) is 4.37 Å². The van der Waals surface area contributed by atoms with Gasteiger partial charge in [0, 0.05) is 63.1 Å². The van der Waals surface area contributed by atoms with E-state index >= 15 is 0 Å². The van der Waals surface area contributed by atoms with E-state index in [1.54, 1.807) is 7.11 Å². The molecule has 2 aliphatic heterocycles. The summed E-state index contributed by atoms with van der Waals surface area (Å²) in [6.07, 6.45) is 2.39. The van der Waals surface area contributed by atoms with Crippen molar-refractivity contribution in [3.63, 3.8) is 0 Å². The lowest BCUT2D eigenvalue weighted by Gasteiger charge is -2.39. The third kappa shape index (κ3) is 5.54. The molecule has 2 saturated heterocycles. The maximum absolute atomic E-state index is 13.2. The fraction of sp³-hybridized carbons (Fsp3) is 0.423. The summed E-state index contributed by atoms with van der Waals surface area (Å²) in [7, 11) is 1.67. The quantitative estimate of drug-likeness (QED) is 0.490. The molecule has 0 spiro atoms. The molecular formula is C26H30ClN5O2S. The zero-order valence-electron chi connectivity index (χ0n) is 19.9. The zero-order valence-corrected chi connectivity index (χ0v) is 21.5. The molecule has 2 aliphatic rings. The monoisotopic (exact) mass is 511 g/mol. The molecule has 0 saturated carbocycles. The number of aromatic nitrogens is 2. The molecule has 0 unspecified atom stereocenters. The van der Waals surface area contributed by atoms with Gasteiger partial charge in [-0.05, 0) is 42.7 Å². The average molecular weight is 512 g/mol. The number of amides is 1. The third-order valence-electron chi connectivity index (χ3n) is 6.85. The highest BCUT2D eigenvalue weighted by Gasteiger charge is 2.31. The Hall–Kier alpha value is -2.84. The van der Waals surface area contributed by atoms with Crippen molar-refractivity contribution in [3.8, 4) is 5.75 Å². The number of piperazine rings is 1. The van der Waals surface area contributed by atoms with Gasteiger partial charge in [0.2, 0.25) is 11.0 Å². The summed E-state index contributed by atoms with van der Waals surface area (Å²) in [5.74, 6) is 2.05. The fourth-order valence-corrected chi connectivity index (χ4v) is 5.85. The van der Waals surface area contributed by atoms with Gasteiger partial charge in [-0.3, -0.25) is 4.79 Å². The summed E-state index contributed by atoms with van der Waals surface area (Å²) in [6.45, 7) is 4.79. The highest BCUT2D eigenvalue weighted by atomic mass is 35.5. The lowest BCUT2D eigenvalue weighted by Crippen LogP contribution is -2.51. The largest absolute Gasteiger partial charge is 0.497 e. The summed E-state index contributed by atoms with van der Waals surface area (Å²) in [5, 5.41) is 1.71. The second kappa shape index (κ2) is 10.8. The van der Waals surface area contributed by atoms with Crippen LogP contribution in [0.3, 0.4) is 0 Å². The van der Waals surface area contributed by atoms with Gasteiger partial charge in [0.1, 0.15) is 11.6 Å². The number of halogens is 1. The topological polar surface area (TPSA) is 61.8 Å². The highest BCUT2D eigenvalue weighted by molar-refractivity contribution is 7.09. The number of methoxy groups -OCH3 is 1. The lowest BCUT2D eigenvalue weighted by molar-refractivity contribution is -0.136. The molecule has 0 bridgehead atoms. The molecule has 2 fully saturated rings. The number of ether oxygens (including phenoxy) is 1. The molecule has 1 amide bonds. The Bertz CT molecular complexity index is 1160. The van der Waals surface area contributed by atoms with Crippen LogP contribution in [-0.4, -0.2) is 66.5 Å². The van der Waals surface area contributed by atoms with Gasteiger partial charge in [0.25, 0.3) is 0 Å². The Morgan fingerprint density at radius 3 is 2.54 bits per heavy atom. The molecule has 7 nitrogen and oxygen atoms in total. The van der Waals surface area contributed by atoms with Crippen molar-refractivity contribution in [3.05, 3.63) is 64.9 Å². The number of hydrogen-bond donors (Lipinski definition) is 0. The number of carbonyl (C=O) groups excluding carboxylic acids is 1. The first-order valence-electron chi connectivity index (χ1n) is 12.1. The second-order valence-corrected chi connectivity index (χ2v) is 10.2. The molecule has 35 heavy (non-hydrogen) atoms. The van der Waals surface area contributed by atoms with Gasteiger partial charge in [0.15, 0.2) is 0 Å². The molecule has 0 radical (unpaired) electrons. The SMILES string of the molecule is COc1cccc(Cc2nsc(N3CCC(C(=O)N4CCN(c5ccccc5Cl)CC4)CC3)n2)c1. The standard InChI is InChI=1S/C26H30ClN5O2S/c1-34-21-6-4-5-19(17-21)18-24-28-26(35-29-24)32-11-9-20(10-12-32)25(33)31-15-13-30(14-16-31)23-8-3-2-7-22(23)27/h2-8,17,20H,9-16,18H2,1H3. The van der Waals surface area contributed by atoms with Crippen LogP contribution >= 0.6 is 23.1 Å². The van der Waals surface area contributed by atoms with E-state index in [9.17, 15) is 4.79 Å². The van der Waals surface area contributed by atoms with Crippen LogP contribution in [0.5, 0.6) is 5.75 Å². The number of para-hydroxylation sites is 1. The predicted octanol–water partition coefficient (Wildman–Crippen LogP) is 4.36. The van der Waals surface area contributed by atoms with Crippen LogP contribution in [0.1, 0.15) is 24.2 Å². The molecule has 0 N–H and O–H groups in total. The van der Waals surface area contributed by atoms with Gasteiger partial charge in [-0.25, -0.2) is 4.98 Å². The van der Waals surface area contributed by atoms with Crippen LogP contribution in [0.2, 0.25) is 5.02 Å². The van der Waals surface area contributed by atoms with E-state index in [-0.39, 0.29) is 5.92 Å². The summed E-state index contributed by atoms with van der Waals surface area (Å²) >= 11 is 7.80. The van der Waals surface area contributed by atoms with Crippen molar-refractivity contribution in [1.29, 1.82) is 0 Å². The fourth-order valence-electron chi connectivity index (χ4n) is 4.86. The number of piperidine rings is 1. The molecule has 0 atom stereocenters. The first-order chi connectivity index (χ1) is 17.1. The van der Waals surface area contributed by atoms with E-state index < -0.39 is 0 Å². The minimum Gasteiger partial charge on any atom is -0.497 e. The normalized spacial score (nSPS) is 17.0. The van der Waals surface area contributed by atoms with E-state index in [4.69, 9.17) is 21.3 Å². The van der Waals surface area contributed by atoms with E-state index in [1.807, 2.05) is 47.4 Å². The summed E-state index contributed by atoms with van der Waals surface area (Å²) in [6, 6.07) is 15.9. The van der Waals surface area contributed by atoms with Gasteiger partial charge < -0.3 is 19.4 Å². The second-order valence-electron chi connectivity index (χ2n) is 9.05. The van der Waals surface area contributed by atoms with Crippen molar-refractivity contribution >= 4 is 39.9 Å². The Kier molecular flexibility index (Phi) is 7.39. The van der Waals surface area contributed by atoms with Crippen LogP contribution in [0.4, 0.5) is 10.8 Å². The van der Waals surface area contributed by atoms with Gasteiger partial charge in [-0.1, -0.05) is 35.9 Å². The van der Waals surface area contributed by atoms with Crippen LogP contribution < -0.4 is 14.5 Å². The number of benzene rings is 2. The zero-order chi connectivity index (χ0) is 24.2. The summed E-state index contributed by atoms with van der Waals surface area (Å²) < 4.78 is 9.88. The van der Waals surface area contributed by atoms with Crippen molar-refractivity contribution in [2.45, 2.75) is 19.3 Å². The Labute approximate surface area is 215 Å². The third-order valence-corrected chi connectivity index (χ3v) is 7.99.